The number of amides is 1. The Labute approximate surface area is 134 Å². The molecular formula is C18H18ClNO2. The lowest BCUT2D eigenvalue weighted by Gasteiger charge is -2.22. The zero-order valence-electron chi connectivity index (χ0n) is 12.1. The highest BCUT2D eigenvalue weighted by molar-refractivity contribution is 6.30. The smallest absolute Gasteiger partial charge is 0.231 e. The predicted octanol–water partition coefficient (Wildman–Crippen LogP) is 3.22. The van der Waals surface area contributed by atoms with Gasteiger partial charge in [-0.15, -0.1) is 0 Å². The summed E-state index contributed by atoms with van der Waals surface area (Å²) in [5.41, 5.74) is 1.43. The van der Waals surface area contributed by atoms with Crippen molar-refractivity contribution in [2.24, 2.45) is 0 Å². The number of carbonyl (C=O) groups is 1. The molecule has 1 saturated carbocycles. The number of aliphatic hydroxyl groups excluding tert-OH is 1. The van der Waals surface area contributed by atoms with Gasteiger partial charge in [-0.1, -0.05) is 54.1 Å². The van der Waals surface area contributed by atoms with E-state index >= 15 is 0 Å². The molecule has 2 N–H and O–H groups in total. The third-order valence-corrected chi connectivity index (χ3v) is 4.52. The van der Waals surface area contributed by atoms with E-state index in [1.54, 1.807) is 0 Å². The Morgan fingerprint density at radius 3 is 2.32 bits per heavy atom. The summed E-state index contributed by atoms with van der Waals surface area (Å²) in [5.74, 6) is -0.0299. The van der Waals surface area contributed by atoms with Crippen LogP contribution in [0.2, 0.25) is 5.02 Å². The molecule has 0 aromatic heterocycles. The van der Waals surface area contributed by atoms with E-state index in [0.717, 1.165) is 24.0 Å². The van der Waals surface area contributed by atoms with Crippen LogP contribution in [0.3, 0.4) is 0 Å². The van der Waals surface area contributed by atoms with Gasteiger partial charge >= 0.3 is 0 Å². The molecule has 2 aromatic carbocycles. The number of aliphatic hydroxyl groups is 1. The Balaban J connectivity index is 1.77. The molecule has 0 aliphatic heterocycles. The maximum absolute atomic E-state index is 12.7. The monoisotopic (exact) mass is 315 g/mol. The molecule has 22 heavy (non-hydrogen) atoms. The van der Waals surface area contributed by atoms with E-state index in [-0.39, 0.29) is 18.6 Å². The first-order chi connectivity index (χ1) is 10.7. The maximum Gasteiger partial charge on any atom is 0.231 e. The summed E-state index contributed by atoms with van der Waals surface area (Å²) in [4.78, 5) is 12.7. The van der Waals surface area contributed by atoms with E-state index in [2.05, 4.69) is 5.32 Å². The average Bonchev–Trinajstić information content (AvgIpc) is 3.36. The summed E-state index contributed by atoms with van der Waals surface area (Å²) in [6, 6.07) is 16.6. The predicted molar refractivity (Wildman–Crippen MR) is 86.8 cm³/mol. The van der Waals surface area contributed by atoms with Crippen molar-refractivity contribution >= 4 is 17.5 Å². The fourth-order valence-corrected chi connectivity index (χ4v) is 2.88. The lowest BCUT2D eigenvalue weighted by atomic mass is 9.94. The molecule has 1 atom stereocenters. The van der Waals surface area contributed by atoms with Crippen molar-refractivity contribution < 1.29 is 9.90 Å². The Kier molecular flexibility index (Phi) is 4.19. The number of nitrogens with one attached hydrogen (secondary N) is 1. The van der Waals surface area contributed by atoms with Crippen molar-refractivity contribution in [3.63, 3.8) is 0 Å². The first kappa shape index (κ1) is 15.1. The molecule has 1 aliphatic rings. The molecule has 0 heterocycles. The van der Waals surface area contributed by atoms with Crippen LogP contribution in [-0.2, 0) is 10.2 Å². The van der Waals surface area contributed by atoms with E-state index < -0.39 is 5.41 Å². The summed E-state index contributed by atoms with van der Waals surface area (Å²) in [6.07, 6.45) is 1.65. The van der Waals surface area contributed by atoms with Crippen LogP contribution in [-0.4, -0.2) is 17.6 Å². The summed E-state index contributed by atoms with van der Waals surface area (Å²) >= 11 is 5.91. The molecule has 1 amide bonds. The van der Waals surface area contributed by atoms with Gasteiger partial charge in [0.05, 0.1) is 18.1 Å². The van der Waals surface area contributed by atoms with Gasteiger partial charge in [-0.3, -0.25) is 4.79 Å². The second-order valence-corrected chi connectivity index (χ2v) is 6.14. The van der Waals surface area contributed by atoms with Crippen molar-refractivity contribution in [1.82, 2.24) is 5.32 Å². The normalized spacial score (nSPS) is 16.8. The highest BCUT2D eigenvalue weighted by Crippen LogP contribution is 2.48. The zero-order chi connectivity index (χ0) is 15.6. The van der Waals surface area contributed by atoms with Crippen molar-refractivity contribution in [2.45, 2.75) is 24.3 Å². The van der Waals surface area contributed by atoms with Crippen LogP contribution >= 0.6 is 11.6 Å². The SMILES string of the molecule is O=C(N[C@@H](CO)c1ccccc1)C1(c2ccc(Cl)cc2)CC1. The minimum Gasteiger partial charge on any atom is -0.394 e. The lowest BCUT2D eigenvalue weighted by Crippen LogP contribution is -2.38. The molecule has 3 rings (SSSR count). The summed E-state index contributed by atoms with van der Waals surface area (Å²) in [7, 11) is 0. The van der Waals surface area contributed by atoms with Crippen LogP contribution in [0.4, 0.5) is 0 Å². The first-order valence-corrected chi connectivity index (χ1v) is 7.76. The minimum atomic E-state index is -0.465. The number of halogens is 1. The fourth-order valence-electron chi connectivity index (χ4n) is 2.76. The van der Waals surface area contributed by atoms with Gasteiger partial charge in [0.2, 0.25) is 5.91 Å². The molecule has 0 radical (unpaired) electrons. The van der Waals surface area contributed by atoms with E-state index in [4.69, 9.17) is 11.6 Å². The maximum atomic E-state index is 12.7. The fraction of sp³-hybridized carbons (Fsp3) is 0.278. The van der Waals surface area contributed by atoms with E-state index in [9.17, 15) is 9.90 Å². The molecule has 1 aliphatic carbocycles. The molecule has 3 nitrogen and oxygen atoms in total. The topological polar surface area (TPSA) is 49.3 Å². The Morgan fingerprint density at radius 1 is 1.14 bits per heavy atom. The quantitative estimate of drug-likeness (QED) is 0.890. The van der Waals surface area contributed by atoms with Crippen LogP contribution in [0, 0.1) is 0 Å². The highest BCUT2D eigenvalue weighted by Gasteiger charge is 2.51. The van der Waals surface area contributed by atoms with Gasteiger partial charge in [-0.05, 0) is 36.1 Å². The molecule has 1 fully saturated rings. The summed E-state index contributed by atoms with van der Waals surface area (Å²) < 4.78 is 0. The van der Waals surface area contributed by atoms with Gasteiger partial charge in [-0.25, -0.2) is 0 Å². The van der Waals surface area contributed by atoms with E-state index in [1.165, 1.54) is 0 Å². The van der Waals surface area contributed by atoms with Crippen LogP contribution < -0.4 is 5.32 Å². The number of hydrogen-bond acceptors (Lipinski definition) is 2. The Hall–Kier alpha value is -1.84. The number of rotatable bonds is 5. The number of carbonyl (C=O) groups excluding carboxylic acids is 1. The number of hydrogen-bond donors (Lipinski definition) is 2. The van der Waals surface area contributed by atoms with Gasteiger partial charge in [0.25, 0.3) is 0 Å². The molecule has 0 spiro atoms. The van der Waals surface area contributed by atoms with Gasteiger partial charge in [0.15, 0.2) is 0 Å². The van der Waals surface area contributed by atoms with Gasteiger partial charge in [0.1, 0.15) is 0 Å². The molecular weight excluding hydrogens is 298 g/mol. The summed E-state index contributed by atoms with van der Waals surface area (Å²) in [6.45, 7) is -0.119. The van der Waals surface area contributed by atoms with Crippen molar-refractivity contribution in [1.29, 1.82) is 0 Å². The third kappa shape index (κ3) is 2.87. The third-order valence-electron chi connectivity index (χ3n) is 4.27. The van der Waals surface area contributed by atoms with Crippen molar-refractivity contribution in [2.75, 3.05) is 6.61 Å². The first-order valence-electron chi connectivity index (χ1n) is 7.38. The van der Waals surface area contributed by atoms with E-state index in [0.29, 0.717) is 5.02 Å². The van der Waals surface area contributed by atoms with Crippen LogP contribution in [0.25, 0.3) is 0 Å². The Bertz CT molecular complexity index is 651. The Morgan fingerprint density at radius 2 is 1.77 bits per heavy atom. The van der Waals surface area contributed by atoms with Crippen LogP contribution in [0.5, 0.6) is 0 Å². The average molecular weight is 316 g/mol. The van der Waals surface area contributed by atoms with E-state index in [1.807, 2.05) is 54.6 Å². The van der Waals surface area contributed by atoms with Gasteiger partial charge in [0, 0.05) is 5.02 Å². The molecule has 114 valence electrons. The largest absolute Gasteiger partial charge is 0.394 e. The van der Waals surface area contributed by atoms with Crippen molar-refractivity contribution in [3.8, 4) is 0 Å². The summed E-state index contributed by atoms with van der Waals surface area (Å²) in [5, 5.41) is 13.2. The second kappa shape index (κ2) is 6.11. The van der Waals surface area contributed by atoms with Crippen LogP contribution in [0.1, 0.15) is 30.0 Å². The second-order valence-electron chi connectivity index (χ2n) is 5.71. The number of benzene rings is 2. The molecule has 0 bridgehead atoms. The van der Waals surface area contributed by atoms with Crippen LogP contribution in [0.15, 0.2) is 54.6 Å². The standard InChI is InChI=1S/C18H18ClNO2/c19-15-8-6-14(7-9-15)18(10-11-18)17(22)20-16(12-21)13-4-2-1-3-5-13/h1-9,16,21H,10-12H2,(H,20,22)/t16-/m0/s1. The minimum absolute atomic E-state index is 0.0299. The van der Waals surface area contributed by atoms with Gasteiger partial charge in [-0.2, -0.15) is 0 Å². The molecule has 0 unspecified atom stereocenters. The molecule has 0 saturated heterocycles. The zero-order valence-corrected chi connectivity index (χ0v) is 12.9. The van der Waals surface area contributed by atoms with Crippen molar-refractivity contribution in [3.05, 3.63) is 70.7 Å². The highest BCUT2D eigenvalue weighted by atomic mass is 35.5. The molecule has 2 aromatic rings. The molecule has 4 heteroatoms. The lowest BCUT2D eigenvalue weighted by molar-refractivity contribution is -0.124. The van der Waals surface area contributed by atoms with Gasteiger partial charge < -0.3 is 10.4 Å².